The lowest BCUT2D eigenvalue weighted by atomic mass is 10.0. The standard InChI is InChI=1S/C25H20ClN3O2/c1-16-27-15-22-12-13-28(21-9-7-20(26)8-10-21)24-14-19(6-11-23(24)29(16)22)17-2-4-18(5-3-17)25(30)31/h2-11,14-15H,12-13H2,1H3,(H,30,31). The van der Waals surface area contributed by atoms with Crippen molar-refractivity contribution in [3.8, 4) is 16.8 Å². The van der Waals surface area contributed by atoms with Gasteiger partial charge in [-0.1, -0.05) is 29.8 Å². The molecular weight excluding hydrogens is 410 g/mol. The van der Waals surface area contributed by atoms with Crippen molar-refractivity contribution in [3.05, 3.63) is 95.0 Å². The third-order valence-electron chi connectivity index (χ3n) is 5.71. The Morgan fingerprint density at radius 1 is 0.968 bits per heavy atom. The van der Waals surface area contributed by atoms with Gasteiger partial charge in [0.25, 0.3) is 0 Å². The highest BCUT2D eigenvalue weighted by atomic mass is 35.5. The molecule has 0 bridgehead atoms. The Kier molecular flexibility index (Phi) is 4.75. The molecule has 0 radical (unpaired) electrons. The average Bonchev–Trinajstić information content (AvgIpc) is 3.06. The van der Waals surface area contributed by atoms with E-state index >= 15 is 0 Å². The highest BCUT2D eigenvalue weighted by molar-refractivity contribution is 6.30. The second-order valence-electron chi connectivity index (χ2n) is 7.60. The maximum absolute atomic E-state index is 11.2. The van der Waals surface area contributed by atoms with E-state index in [0.717, 1.165) is 47.0 Å². The summed E-state index contributed by atoms with van der Waals surface area (Å²) in [6.07, 6.45) is 2.81. The molecule has 1 N–H and O–H groups in total. The molecule has 0 unspecified atom stereocenters. The lowest BCUT2D eigenvalue weighted by molar-refractivity contribution is 0.0697. The normalized spacial score (nSPS) is 12.8. The number of anilines is 2. The van der Waals surface area contributed by atoms with Crippen LogP contribution in [-0.2, 0) is 6.42 Å². The maximum atomic E-state index is 11.2. The SMILES string of the molecule is Cc1ncc2n1-c1ccc(-c3ccc(C(=O)O)cc3)cc1N(c1ccc(Cl)cc1)CC2. The van der Waals surface area contributed by atoms with Crippen LogP contribution in [0.1, 0.15) is 21.9 Å². The van der Waals surface area contributed by atoms with Gasteiger partial charge in [-0.05, 0) is 66.6 Å². The molecule has 0 saturated carbocycles. The van der Waals surface area contributed by atoms with Gasteiger partial charge in [-0.25, -0.2) is 9.78 Å². The maximum Gasteiger partial charge on any atom is 0.335 e. The molecule has 31 heavy (non-hydrogen) atoms. The first-order chi connectivity index (χ1) is 15.0. The van der Waals surface area contributed by atoms with Crippen LogP contribution in [0.3, 0.4) is 0 Å². The van der Waals surface area contributed by atoms with E-state index in [4.69, 9.17) is 11.6 Å². The van der Waals surface area contributed by atoms with Gasteiger partial charge in [0, 0.05) is 35.6 Å². The molecule has 0 aliphatic carbocycles. The Morgan fingerprint density at radius 3 is 2.39 bits per heavy atom. The molecule has 1 aromatic heterocycles. The third kappa shape index (κ3) is 3.47. The summed E-state index contributed by atoms with van der Waals surface area (Å²) in [7, 11) is 0. The number of benzene rings is 3. The van der Waals surface area contributed by atoms with E-state index < -0.39 is 5.97 Å². The molecule has 3 aromatic carbocycles. The van der Waals surface area contributed by atoms with E-state index in [1.54, 1.807) is 12.1 Å². The third-order valence-corrected chi connectivity index (χ3v) is 5.97. The largest absolute Gasteiger partial charge is 0.478 e. The lowest BCUT2D eigenvalue weighted by Gasteiger charge is -2.26. The van der Waals surface area contributed by atoms with E-state index in [-0.39, 0.29) is 5.56 Å². The minimum Gasteiger partial charge on any atom is -0.478 e. The number of carbonyl (C=O) groups is 1. The van der Waals surface area contributed by atoms with Crippen molar-refractivity contribution in [2.75, 3.05) is 11.4 Å². The summed E-state index contributed by atoms with van der Waals surface area (Å²) in [5.74, 6) is 0.0262. The monoisotopic (exact) mass is 429 g/mol. The van der Waals surface area contributed by atoms with Crippen LogP contribution in [0.15, 0.2) is 72.9 Å². The number of rotatable bonds is 3. The predicted octanol–water partition coefficient (Wildman–Crippen LogP) is 5.89. The van der Waals surface area contributed by atoms with Crippen molar-refractivity contribution in [1.29, 1.82) is 0 Å². The minimum absolute atomic E-state index is 0.278. The first-order valence-electron chi connectivity index (χ1n) is 10.1. The Hall–Kier alpha value is -3.57. The van der Waals surface area contributed by atoms with Crippen LogP contribution < -0.4 is 4.90 Å². The fraction of sp³-hybridized carbons (Fsp3) is 0.120. The number of imidazole rings is 1. The summed E-state index contributed by atoms with van der Waals surface area (Å²) in [6.45, 7) is 2.82. The molecule has 154 valence electrons. The summed E-state index contributed by atoms with van der Waals surface area (Å²) in [5.41, 5.74) is 6.66. The summed E-state index contributed by atoms with van der Waals surface area (Å²) >= 11 is 6.13. The van der Waals surface area contributed by atoms with E-state index in [1.165, 1.54) is 5.69 Å². The molecule has 2 heterocycles. The highest BCUT2D eigenvalue weighted by Gasteiger charge is 2.23. The van der Waals surface area contributed by atoms with Gasteiger partial charge >= 0.3 is 5.97 Å². The molecule has 5 rings (SSSR count). The molecule has 0 amide bonds. The van der Waals surface area contributed by atoms with Gasteiger partial charge in [0.05, 0.1) is 16.9 Å². The number of halogens is 1. The molecule has 4 aromatic rings. The zero-order chi connectivity index (χ0) is 21.5. The van der Waals surface area contributed by atoms with Gasteiger partial charge < -0.3 is 10.0 Å². The molecule has 5 nitrogen and oxygen atoms in total. The molecule has 1 aliphatic rings. The number of aromatic nitrogens is 2. The van der Waals surface area contributed by atoms with Crippen molar-refractivity contribution in [2.45, 2.75) is 13.3 Å². The number of aromatic carboxylic acids is 1. The zero-order valence-electron chi connectivity index (χ0n) is 16.9. The Morgan fingerprint density at radius 2 is 1.68 bits per heavy atom. The highest BCUT2D eigenvalue weighted by Crippen LogP contribution is 2.38. The average molecular weight is 430 g/mol. The van der Waals surface area contributed by atoms with E-state index in [2.05, 4.69) is 32.7 Å². The lowest BCUT2D eigenvalue weighted by Crippen LogP contribution is -2.19. The summed E-state index contributed by atoms with van der Waals surface area (Å²) in [5, 5.41) is 9.90. The number of aryl methyl sites for hydroxylation is 1. The van der Waals surface area contributed by atoms with Gasteiger partial charge in [0.1, 0.15) is 5.82 Å². The Bertz CT molecular complexity index is 1280. The van der Waals surface area contributed by atoms with E-state index in [9.17, 15) is 9.90 Å². The fourth-order valence-electron chi connectivity index (χ4n) is 4.15. The quantitative estimate of drug-likeness (QED) is 0.441. The van der Waals surface area contributed by atoms with Crippen LogP contribution in [0.4, 0.5) is 11.4 Å². The van der Waals surface area contributed by atoms with Crippen molar-refractivity contribution in [3.63, 3.8) is 0 Å². The van der Waals surface area contributed by atoms with Crippen LogP contribution in [0.25, 0.3) is 16.8 Å². The Labute approximate surface area is 185 Å². The summed E-state index contributed by atoms with van der Waals surface area (Å²) in [4.78, 5) is 18.0. The summed E-state index contributed by atoms with van der Waals surface area (Å²) in [6, 6.07) is 21.2. The van der Waals surface area contributed by atoms with Crippen molar-refractivity contribution in [2.24, 2.45) is 0 Å². The smallest absolute Gasteiger partial charge is 0.335 e. The number of hydrogen-bond donors (Lipinski definition) is 1. The molecule has 0 atom stereocenters. The van der Waals surface area contributed by atoms with E-state index in [1.807, 2.05) is 49.5 Å². The van der Waals surface area contributed by atoms with Crippen molar-refractivity contribution in [1.82, 2.24) is 9.55 Å². The number of nitrogens with zero attached hydrogens (tertiary/aromatic N) is 3. The molecule has 0 fully saturated rings. The van der Waals surface area contributed by atoms with Crippen molar-refractivity contribution >= 4 is 28.9 Å². The second-order valence-corrected chi connectivity index (χ2v) is 8.03. The first-order valence-corrected chi connectivity index (χ1v) is 10.4. The van der Waals surface area contributed by atoms with Crippen LogP contribution in [-0.4, -0.2) is 27.2 Å². The van der Waals surface area contributed by atoms with Gasteiger partial charge in [-0.2, -0.15) is 0 Å². The van der Waals surface area contributed by atoms with Crippen LogP contribution in [0.2, 0.25) is 5.02 Å². The minimum atomic E-state index is -0.925. The molecule has 0 saturated heterocycles. The van der Waals surface area contributed by atoms with Crippen LogP contribution in [0.5, 0.6) is 0 Å². The molecule has 6 heteroatoms. The number of carboxylic acids is 1. The zero-order valence-corrected chi connectivity index (χ0v) is 17.7. The van der Waals surface area contributed by atoms with E-state index in [0.29, 0.717) is 5.02 Å². The topological polar surface area (TPSA) is 58.4 Å². The number of fused-ring (bicyclic) bond motifs is 3. The number of carboxylic acid groups (broad SMARTS) is 1. The van der Waals surface area contributed by atoms with Gasteiger partial charge in [-0.3, -0.25) is 4.57 Å². The summed E-state index contributed by atoms with van der Waals surface area (Å²) < 4.78 is 2.21. The first kappa shape index (κ1) is 19.4. The van der Waals surface area contributed by atoms with Crippen molar-refractivity contribution < 1.29 is 9.90 Å². The second kappa shape index (κ2) is 7.60. The Balaban J connectivity index is 1.67. The molecule has 1 aliphatic heterocycles. The molecule has 0 spiro atoms. The van der Waals surface area contributed by atoms with Gasteiger partial charge in [0.15, 0.2) is 0 Å². The molecular formula is C25H20ClN3O2. The van der Waals surface area contributed by atoms with Gasteiger partial charge in [-0.15, -0.1) is 0 Å². The van der Waals surface area contributed by atoms with Gasteiger partial charge in [0.2, 0.25) is 0 Å². The van der Waals surface area contributed by atoms with Crippen LogP contribution in [0, 0.1) is 6.92 Å². The number of hydrogen-bond acceptors (Lipinski definition) is 3. The predicted molar refractivity (Wildman–Crippen MR) is 123 cm³/mol. The van der Waals surface area contributed by atoms with Crippen LogP contribution >= 0.6 is 11.6 Å². The fourth-order valence-corrected chi connectivity index (χ4v) is 4.27.